The van der Waals surface area contributed by atoms with Crippen molar-refractivity contribution >= 4 is 33.2 Å². The van der Waals surface area contributed by atoms with E-state index in [1.165, 1.54) is 4.31 Å². The third-order valence-corrected chi connectivity index (χ3v) is 7.17. The zero-order valence-electron chi connectivity index (χ0n) is 17.9. The summed E-state index contributed by atoms with van der Waals surface area (Å²) < 4.78 is 39.4. The van der Waals surface area contributed by atoms with Crippen molar-refractivity contribution in [3.63, 3.8) is 0 Å². The van der Waals surface area contributed by atoms with Gasteiger partial charge in [0.1, 0.15) is 18.1 Å². The van der Waals surface area contributed by atoms with Gasteiger partial charge in [-0.05, 0) is 55.5 Å². The van der Waals surface area contributed by atoms with Crippen molar-refractivity contribution in [3.05, 3.63) is 83.4 Å². The first-order valence-corrected chi connectivity index (χ1v) is 12.2. The second kappa shape index (κ2) is 9.72. The zero-order valence-corrected chi connectivity index (χ0v) is 19.5. The highest BCUT2D eigenvalue weighted by molar-refractivity contribution is 7.92. The van der Waals surface area contributed by atoms with Crippen LogP contribution in [0.1, 0.15) is 5.56 Å². The summed E-state index contributed by atoms with van der Waals surface area (Å²) in [5.74, 6) is 0.539. The molecule has 9 heteroatoms. The van der Waals surface area contributed by atoms with E-state index in [1.54, 1.807) is 72.8 Å². The van der Waals surface area contributed by atoms with Crippen LogP contribution < -0.4 is 19.1 Å². The molecule has 0 unspecified atom stereocenters. The van der Waals surface area contributed by atoms with E-state index in [9.17, 15) is 13.2 Å². The van der Waals surface area contributed by atoms with Gasteiger partial charge in [-0.15, -0.1) is 0 Å². The number of carbonyl (C=O) groups excluding carboxylic acids is 1. The van der Waals surface area contributed by atoms with Crippen LogP contribution in [0.2, 0.25) is 5.02 Å². The van der Waals surface area contributed by atoms with Crippen LogP contribution in [0, 0.1) is 6.92 Å². The molecule has 1 N–H and O–H groups in total. The molecule has 33 heavy (non-hydrogen) atoms. The summed E-state index contributed by atoms with van der Waals surface area (Å²) in [7, 11) is -3.89. The molecular weight excluding hydrogens is 464 g/mol. The van der Waals surface area contributed by atoms with Gasteiger partial charge in [-0.25, -0.2) is 8.42 Å². The number of anilines is 1. The summed E-state index contributed by atoms with van der Waals surface area (Å²) in [6, 6.07) is 20.3. The number of para-hydroxylation sites is 2. The van der Waals surface area contributed by atoms with E-state index in [1.807, 2.05) is 6.92 Å². The minimum atomic E-state index is -3.89. The number of ether oxygens (including phenoxy) is 2. The quantitative estimate of drug-likeness (QED) is 0.513. The van der Waals surface area contributed by atoms with Crippen molar-refractivity contribution in [2.45, 2.75) is 17.9 Å². The monoisotopic (exact) mass is 486 g/mol. The van der Waals surface area contributed by atoms with Gasteiger partial charge in [0.15, 0.2) is 6.10 Å². The molecule has 1 heterocycles. The van der Waals surface area contributed by atoms with Crippen molar-refractivity contribution < 1.29 is 22.7 Å². The second-order valence-electron chi connectivity index (χ2n) is 7.52. The highest BCUT2D eigenvalue weighted by Gasteiger charge is 2.37. The maximum atomic E-state index is 13.4. The number of nitrogens with one attached hydrogen (secondary N) is 1. The minimum Gasteiger partial charge on any atom is -0.492 e. The van der Waals surface area contributed by atoms with Crippen molar-refractivity contribution in [1.82, 2.24) is 5.32 Å². The third kappa shape index (κ3) is 5.23. The van der Waals surface area contributed by atoms with Gasteiger partial charge in [-0.3, -0.25) is 9.10 Å². The number of sulfonamides is 1. The van der Waals surface area contributed by atoms with Gasteiger partial charge >= 0.3 is 0 Å². The molecule has 4 rings (SSSR count). The van der Waals surface area contributed by atoms with E-state index in [0.29, 0.717) is 22.2 Å². The number of nitrogens with zero attached hydrogens (tertiary/aromatic N) is 1. The summed E-state index contributed by atoms with van der Waals surface area (Å²) in [4.78, 5) is 12.9. The largest absolute Gasteiger partial charge is 0.492 e. The van der Waals surface area contributed by atoms with Gasteiger partial charge in [0.25, 0.3) is 15.9 Å². The van der Waals surface area contributed by atoms with Crippen LogP contribution in [0.15, 0.2) is 77.7 Å². The molecule has 3 aromatic rings. The molecule has 0 aliphatic carbocycles. The summed E-state index contributed by atoms with van der Waals surface area (Å²) in [6.45, 7) is 2.21. The van der Waals surface area contributed by atoms with Gasteiger partial charge < -0.3 is 14.8 Å². The molecule has 1 atom stereocenters. The molecule has 0 spiro atoms. The number of benzene rings is 3. The summed E-state index contributed by atoms with van der Waals surface area (Å²) in [6.07, 6.45) is -1.00. The van der Waals surface area contributed by atoms with Crippen LogP contribution in [0.4, 0.5) is 5.69 Å². The summed E-state index contributed by atoms with van der Waals surface area (Å²) in [5, 5.41) is 3.35. The van der Waals surface area contributed by atoms with Crippen LogP contribution in [-0.4, -0.2) is 40.1 Å². The Morgan fingerprint density at radius 1 is 1.09 bits per heavy atom. The molecule has 7 nitrogen and oxygen atoms in total. The maximum Gasteiger partial charge on any atom is 0.264 e. The average Bonchev–Trinajstić information content (AvgIpc) is 2.82. The molecule has 0 saturated heterocycles. The first kappa shape index (κ1) is 22.9. The summed E-state index contributed by atoms with van der Waals surface area (Å²) in [5.41, 5.74) is 1.35. The molecule has 1 aliphatic rings. The Hall–Kier alpha value is -3.23. The standard InChI is InChI=1S/C24H23ClN2O5S/c1-17-6-12-20(13-7-17)33(29,30)27-16-23(32-22-5-3-2-4-21(22)27)24(28)26-14-15-31-19-10-8-18(25)9-11-19/h2-13,23H,14-16H2,1H3,(H,26,28)/t23-/m0/s1. The number of rotatable bonds is 7. The molecule has 172 valence electrons. The van der Waals surface area contributed by atoms with Crippen LogP contribution in [0.3, 0.4) is 0 Å². The SMILES string of the molecule is Cc1ccc(S(=O)(=O)N2C[C@@H](C(=O)NCCOc3ccc(Cl)cc3)Oc3ccccc32)cc1. The van der Waals surface area contributed by atoms with Crippen LogP contribution in [0.25, 0.3) is 0 Å². The number of fused-ring (bicyclic) bond motifs is 1. The van der Waals surface area contributed by atoms with Crippen molar-refractivity contribution in [2.24, 2.45) is 0 Å². The predicted octanol–water partition coefficient (Wildman–Crippen LogP) is 3.80. The van der Waals surface area contributed by atoms with E-state index in [0.717, 1.165) is 5.56 Å². The van der Waals surface area contributed by atoms with E-state index in [2.05, 4.69) is 5.32 Å². The fraction of sp³-hybridized carbons (Fsp3) is 0.208. The lowest BCUT2D eigenvalue weighted by Crippen LogP contribution is -2.51. The highest BCUT2D eigenvalue weighted by atomic mass is 35.5. The number of amides is 1. The second-order valence-corrected chi connectivity index (χ2v) is 9.82. The van der Waals surface area contributed by atoms with E-state index in [4.69, 9.17) is 21.1 Å². The minimum absolute atomic E-state index is 0.142. The summed E-state index contributed by atoms with van der Waals surface area (Å²) >= 11 is 5.85. The Morgan fingerprint density at radius 2 is 1.79 bits per heavy atom. The Bertz CT molecular complexity index is 1230. The lowest BCUT2D eigenvalue weighted by atomic mass is 10.2. The highest BCUT2D eigenvalue weighted by Crippen LogP contribution is 2.36. The molecule has 0 bridgehead atoms. The smallest absolute Gasteiger partial charge is 0.264 e. The number of hydrogen-bond donors (Lipinski definition) is 1. The Balaban J connectivity index is 1.46. The van der Waals surface area contributed by atoms with Crippen LogP contribution >= 0.6 is 11.6 Å². The van der Waals surface area contributed by atoms with Crippen molar-refractivity contribution in [3.8, 4) is 11.5 Å². The fourth-order valence-corrected chi connectivity index (χ4v) is 4.99. The third-order valence-electron chi connectivity index (χ3n) is 5.12. The van der Waals surface area contributed by atoms with Gasteiger partial charge in [0, 0.05) is 5.02 Å². The fourth-order valence-electron chi connectivity index (χ4n) is 3.39. The Morgan fingerprint density at radius 3 is 2.52 bits per heavy atom. The molecule has 1 aliphatic heterocycles. The lowest BCUT2D eigenvalue weighted by molar-refractivity contribution is -0.127. The van der Waals surface area contributed by atoms with Gasteiger partial charge in [0.05, 0.1) is 23.7 Å². The zero-order chi connectivity index (χ0) is 23.4. The van der Waals surface area contributed by atoms with E-state index in [-0.39, 0.29) is 24.6 Å². The molecule has 0 aromatic heterocycles. The molecule has 0 saturated carbocycles. The molecule has 1 amide bonds. The topological polar surface area (TPSA) is 84.9 Å². The Kier molecular flexibility index (Phi) is 6.76. The van der Waals surface area contributed by atoms with Crippen LogP contribution in [-0.2, 0) is 14.8 Å². The number of aryl methyl sites for hydroxylation is 1. The van der Waals surface area contributed by atoms with Gasteiger partial charge in [-0.2, -0.15) is 0 Å². The Labute approximate surface area is 197 Å². The maximum absolute atomic E-state index is 13.4. The number of hydrogen-bond acceptors (Lipinski definition) is 5. The normalized spacial score (nSPS) is 15.3. The molecule has 0 fully saturated rings. The molecular formula is C24H23ClN2O5S. The van der Waals surface area contributed by atoms with Crippen molar-refractivity contribution in [2.75, 3.05) is 24.0 Å². The van der Waals surface area contributed by atoms with Crippen LogP contribution in [0.5, 0.6) is 11.5 Å². The van der Waals surface area contributed by atoms with E-state index < -0.39 is 22.0 Å². The average molecular weight is 487 g/mol. The predicted molar refractivity (Wildman–Crippen MR) is 127 cm³/mol. The molecule has 0 radical (unpaired) electrons. The van der Waals surface area contributed by atoms with E-state index >= 15 is 0 Å². The van der Waals surface area contributed by atoms with Crippen molar-refractivity contribution in [1.29, 1.82) is 0 Å². The number of halogens is 1. The van der Waals surface area contributed by atoms with Gasteiger partial charge in [-0.1, -0.05) is 41.4 Å². The number of carbonyl (C=O) groups is 1. The molecule has 3 aromatic carbocycles. The lowest BCUT2D eigenvalue weighted by Gasteiger charge is -2.34. The van der Waals surface area contributed by atoms with Gasteiger partial charge in [0.2, 0.25) is 0 Å². The first-order valence-electron chi connectivity index (χ1n) is 10.4. The first-order chi connectivity index (χ1) is 15.8.